The van der Waals surface area contributed by atoms with Crippen LogP contribution in [-0.2, 0) is 13.1 Å². The third-order valence-corrected chi connectivity index (χ3v) is 3.32. The predicted octanol–water partition coefficient (Wildman–Crippen LogP) is 3.04. The Bertz CT molecular complexity index is 525. The van der Waals surface area contributed by atoms with Crippen LogP contribution in [0.25, 0.3) is 0 Å². The largest absolute Gasteiger partial charge is 0.497 e. The van der Waals surface area contributed by atoms with Gasteiger partial charge in [0.05, 0.1) is 19.3 Å². The van der Waals surface area contributed by atoms with Gasteiger partial charge in [0, 0.05) is 17.1 Å². The minimum Gasteiger partial charge on any atom is -0.497 e. The number of nitrogens with zero attached hydrogens (tertiary/aromatic N) is 1. The maximum absolute atomic E-state index is 5.20. The van der Waals surface area contributed by atoms with Crippen molar-refractivity contribution in [3.8, 4) is 5.75 Å². The van der Waals surface area contributed by atoms with E-state index in [0.717, 1.165) is 33.8 Å². The lowest BCUT2D eigenvalue weighted by Gasteiger charge is -2.07. The second kappa shape index (κ2) is 6.02. The number of halogens is 1. The first-order valence-corrected chi connectivity index (χ1v) is 6.43. The smallest absolute Gasteiger partial charge is 0.150 e. The van der Waals surface area contributed by atoms with Gasteiger partial charge in [0.15, 0.2) is 5.76 Å². The molecule has 0 saturated carbocycles. The van der Waals surface area contributed by atoms with Crippen LogP contribution in [0.5, 0.6) is 5.75 Å². The van der Waals surface area contributed by atoms with Gasteiger partial charge < -0.3 is 14.6 Å². The Morgan fingerprint density at radius 2 is 2.17 bits per heavy atom. The second-order valence-corrected chi connectivity index (χ2v) is 4.85. The molecule has 0 amide bonds. The molecule has 2 rings (SSSR count). The first-order valence-electron chi connectivity index (χ1n) is 5.64. The number of aromatic nitrogens is 1. The average Bonchev–Trinajstić information content (AvgIpc) is 2.77. The highest BCUT2D eigenvalue weighted by Crippen LogP contribution is 2.22. The van der Waals surface area contributed by atoms with Crippen LogP contribution in [0.3, 0.4) is 0 Å². The number of methoxy groups -OCH3 is 1. The van der Waals surface area contributed by atoms with Gasteiger partial charge in [0.25, 0.3) is 0 Å². The van der Waals surface area contributed by atoms with Gasteiger partial charge in [-0.25, -0.2) is 0 Å². The maximum Gasteiger partial charge on any atom is 0.150 e. The van der Waals surface area contributed by atoms with E-state index >= 15 is 0 Å². The molecular weight excluding hydrogens is 296 g/mol. The molecule has 1 heterocycles. The van der Waals surface area contributed by atoms with E-state index in [9.17, 15) is 0 Å². The summed E-state index contributed by atoms with van der Waals surface area (Å²) in [4.78, 5) is 0. The molecule has 0 atom stereocenters. The van der Waals surface area contributed by atoms with Gasteiger partial charge in [-0.2, -0.15) is 0 Å². The molecule has 4 nitrogen and oxygen atoms in total. The van der Waals surface area contributed by atoms with Crippen LogP contribution < -0.4 is 10.1 Å². The van der Waals surface area contributed by atoms with Crippen molar-refractivity contribution in [2.75, 3.05) is 7.11 Å². The number of hydrogen-bond donors (Lipinski definition) is 1. The standard InChI is InChI=1S/C13H15BrN2O2/c1-9-5-12(18-16-9)8-15-7-10-6-11(17-2)3-4-13(10)14/h3-6,15H,7-8H2,1-2H3. The molecule has 0 bridgehead atoms. The van der Waals surface area contributed by atoms with Crippen LogP contribution in [0.4, 0.5) is 0 Å². The van der Waals surface area contributed by atoms with Crippen molar-refractivity contribution in [3.63, 3.8) is 0 Å². The minimum absolute atomic E-state index is 0.657. The van der Waals surface area contributed by atoms with E-state index in [1.165, 1.54) is 0 Å². The summed E-state index contributed by atoms with van der Waals surface area (Å²) in [5, 5.41) is 7.15. The molecule has 18 heavy (non-hydrogen) atoms. The Hall–Kier alpha value is -1.33. The minimum atomic E-state index is 0.657. The molecule has 1 aromatic carbocycles. The van der Waals surface area contributed by atoms with Crippen LogP contribution in [0.1, 0.15) is 17.0 Å². The molecule has 96 valence electrons. The highest BCUT2D eigenvalue weighted by atomic mass is 79.9. The second-order valence-electron chi connectivity index (χ2n) is 4.00. The molecule has 0 aliphatic heterocycles. The normalized spacial score (nSPS) is 10.6. The molecule has 2 aromatic rings. The highest BCUT2D eigenvalue weighted by molar-refractivity contribution is 9.10. The summed E-state index contributed by atoms with van der Waals surface area (Å²) < 4.78 is 11.4. The number of nitrogens with one attached hydrogen (secondary N) is 1. The highest BCUT2D eigenvalue weighted by Gasteiger charge is 2.04. The Morgan fingerprint density at radius 3 is 2.83 bits per heavy atom. The van der Waals surface area contributed by atoms with Crippen molar-refractivity contribution < 1.29 is 9.26 Å². The van der Waals surface area contributed by atoms with Crippen LogP contribution >= 0.6 is 15.9 Å². The molecule has 0 saturated heterocycles. The van der Waals surface area contributed by atoms with Crippen molar-refractivity contribution in [2.24, 2.45) is 0 Å². The molecule has 0 aliphatic rings. The van der Waals surface area contributed by atoms with Gasteiger partial charge in [-0.1, -0.05) is 21.1 Å². The summed E-state index contributed by atoms with van der Waals surface area (Å²) in [5.41, 5.74) is 2.04. The van der Waals surface area contributed by atoms with Crippen molar-refractivity contribution in [1.82, 2.24) is 10.5 Å². The van der Waals surface area contributed by atoms with E-state index < -0.39 is 0 Å². The van der Waals surface area contributed by atoms with Crippen molar-refractivity contribution in [2.45, 2.75) is 20.0 Å². The third kappa shape index (κ3) is 3.34. The summed E-state index contributed by atoms with van der Waals surface area (Å²) in [6, 6.07) is 7.83. The lowest BCUT2D eigenvalue weighted by atomic mass is 10.2. The quantitative estimate of drug-likeness (QED) is 0.922. The number of benzene rings is 1. The van der Waals surface area contributed by atoms with Gasteiger partial charge in [-0.05, 0) is 30.7 Å². The molecule has 5 heteroatoms. The monoisotopic (exact) mass is 310 g/mol. The number of rotatable bonds is 5. The van der Waals surface area contributed by atoms with Crippen molar-refractivity contribution in [1.29, 1.82) is 0 Å². The lowest BCUT2D eigenvalue weighted by molar-refractivity contribution is 0.369. The summed E-state index contributed by atoms with van der Waals surface area (Å²) in [6.45, 7) is 3.30. The van der Waals surface area contributed by atoms with Gasteiger partial charge >= 0.3 is 0 Å². The van der Waals surface area contributed by atoms with Gasteiger partial charge in [0.2, 0.25) is 0 Å². The Balaban J connectivity index is 1.93. The molecular formula is C13H15BrN2O2. The summed E-state index contributed by atoms with van der Waals surface area (Å²) in [6.07, 6.45) is 0. The zero-order chi connectivity index (χ0) is 13.0. The Labute approximate surface area is 114 Å². The molecule has 0 spiro atoms. The Kier molecular flexibility index (Phi) is 4.38. The molecule has 1 N–H and O–H groups in total. The topological polar surface area (TPSA) is 47.3 Å². The first-order chi connectivity index (χ1) is 8.69. The lowest BCUT2D eigenvalue weighted by Crippen LogP contribution is -2.12. The van der Waals surface area contributed by atoms with E-state index in [2.05, 4.69) is 26.4 Å². The number of ether oxygens (including phenoxy) is 1. The zero-order valence-corrected chi connectivity index (χ0v) is 12.0. The number of aryl methyl sites for hydroxylation is 1. The summed E-state index contributed by atoms with van der Waals surface area (Å²) in [5.74, 6) is 1.69. The SMILES string of the molecule is COc1ccc(Br)c(CNCc2cc(C)no2)c1. The first kappa shape index (κ1) is 13.1. The average molecular weight is 311 g/mol. The van der Waals surface area contributed by atoms with Crippen LogP contribution in [0.15, 0.2) is 33.3 Å². The van der Waals surface area contributed by atoms with Crippen LogP contribution in [-0.4, -0.2) is 12.3 Å². The van der Waals surface area contributed by atoms with Gasteiger partial charge in [-0.3, -0.25) is 0 Å². The summed E-state index contributed by atoms with van der Waals surface area (Å²) >= 11 is 3.52. The fourth-order valence-corrected chi connectivity index (χ4v) is 2.02. The predicted molar refractivity (Wildman–Crippen MR) is 72.5 cm³/mol. The van der Waals surface area contributed by atoms with Crippen LogP contribution in [0, 0.1) is 6.92 Å². The fourth-order valence-electron chi connectivity index (χ4n) is 1.63. The van der Waals surface area contributed by atoms with E-state index in [1.807, 2.05) is 31.2 Å². The van der Waals surface area contributed by atoms with E-state index in [4.69, 9.17) is 9.26 Å². The van der Waals surface area contributed by atoms with Crippen molar-refractivity contribution >= 4 is 15.9 Å². The zero-order valence-electron chi connectivity index (χ0n) is 10.4. The van der Waals surface area contributed by atoms with E-state index in [0.29, 0.717) is 6.54 Å². The van der Waals surface area contributed by atoms with E-state index in [-0.39, 0.29) is 0 Å². The van der Waals surface area contributed by atoms with Crippen LogP contribution in [0.2, 0.25) is 0 Å². The maximum atomic E-state index is 5.20. The molecule has 0 aliphatic carbocycles. The van der Waals surface area contributed by atoms with Crippen molar-refractivity contribution in [3.05, 3.63) is 45.8 Å². The van der Waals surface area contributed by atoms with Gasteiger partial charge in [-0.15, -0.1) is 0 Å². The third-order valence-electron chi connectivity index (χ3n) is 2.54. The number of hydrogen-bond acceptors (Lipinski definition) is 4. The molecule has 0 unspecified atom stereocenters. The van der Waals surface area contributed by atoms with Gasteiger partial charge in [0.1, 0.15) is 5.75 Å². The molecule has 1 aromatic heterocycles. The van der Waals surface area contributed by atoms with E-state index in [1.54, 1.807) is 7.11 Å². The Morgan fingerprint density at radius 1 is 1.33 bits per heavy atom. The summed E-state index contributed by atoms with van der Waals surface area (Å²) in [7, 11) is 1.66. The molecule has 0 radical (unpaired) electrons. The fraction of sp³-hybridized carbons (Fsp3) is 0.308. The molecule has 0 fully saturated rings.